The molecule has 5 rings (SSSR count). The number of benzene rings is 2. The highest BCUT2D eigenvalue weighted by Gasteiger charge is 2.18. The van der Waals surface area contributed by atoms with Gasteiger partial charge in [0.1, 0.15) is 5.75 Å². The van der Waals surface area contributed by atoms with Crippen molar-refractivity contribution in [3.63, 3.8) is 0 Å². The predicted octanol–water partition coefficient (Wildman–Crippen LogP) is 4.96. The van der Waals surface area contributed by atoms with Crippen LogP contribution in [0.1, 0.15) is 21.6 Å². The largest absolute Gasteiger partial charge is 0.507 e. The maximum absolute atomic E-state index is 14.2. The summed E-state index contributed by atoms with van der Waals surface area (Å²) in [7, 11) is 0. The van der Waals surface area contributed by atoms with Gasteiger partial charge in [0.25, 0.3) is 5.91 Å². The second-order valence-electron chi connectivity index (χ2n) is 9.13. The fourth-order valence-electron chi connectivity index (χ4n) is 4.10. The van der Waals surface area contributed by atoms with Gasteiger partial charge in [0, 0.05) is 35.6 Å². The number of hydrogen-bond donors (Lipinski definition) is 4. The highest BCUT2D eigenvalue weighted by Crippen LogP contribution is 2.26. The van der Waals surface area contributed by atoms with Crippen LogP contribution in [0, 0.1) is 12.7 Å². The number of rotatable bonds is 8. The van der Waals surface area contributed by atoms with Gasteiger partial charge in [-0.25, -0.2) is 14.8 Å². The van der Waals surface area contributed by atoms with Crippen molar-refractivity contribution in [1.29, 1.82) is 0 Å². The van der Waals surface area contributed by atoms with Crippen molar-refractivity contribution >= 4 is 52.6 Å². The molecule has 1 amide bonds. The number of hydrogen-bond acceptors (Lipinski definition) is 10. The van der Waals surface area contributed by atoms with E-state index >= 15 is 0 Å². The van der Waals surface area contributed by atoms with Crippen LogP contribution in [-0.4, -0.2) is 58.5 Å². The molecule has 210 valence electrons. The topological polar surface area (TPSA) is 137 Å². The summed E-state index contributed by atoms with van der Waals surface area (Å²) in [4.78, 5) is 26.9. The summed E-state index contributed by atoms with van der Waals surface area (Å²) in [6, 6.07) is 13.3. The number of ether oxygens (including phenoxy) is 1. The molecule has 1 aliphatic rings. The molecule has 41 heavy (non-hydrogen) atoms. The minimum Gasteiger partial charge on any atom is -0.507 e. The number of phenolic OH excluding ortho intramolecular Hbond substituents is 1. The number of pyridine rings is 1. The number of anilines is 5. The summed E-state index contributed by atoms with van der Waals surface area (Å²) >= 11 is 6.06. The summed E-state index contributed by atoms with van der Waals surface area (Å²) in [5.41, 5.74) is 6.01. The van der Waals surface area contributed by atoms with Crippen LogP contribution in [-0.2, 0) is 4.74 Å². The standard InChI is InChI=1S/C28H26ClFN8O3/c1-17-10-18(29)12-22(11-17)35-27(40)23-5-4-19(13-25(23)39)34-21-3-2-20(31-14-21)15-33-37-28-32-16-24(30)26(36-28)38-6-8-41-9-7-38/h2-5,10-16,34,39H,6-9H2,1H3,(H,35,40)(H,32,36,37)/b33-15+. The number of amides is 1. The van der Waals surface area contributed by atoms with E-state index in [0.29, 0.717) is 54.1 Å². The summed E-state index contributed by atoms with van der Waals surface area (Å²) < 4.78 is 19.5. The molecule has 11 nitrogen and oxygen atoms in total. The Morgan fingerprint density at radius 3 is 2.61 bits per heavy atom. The Hall–Kier alpha value is -4.81. The van der Waals surface area contributed by atoms with Crippen molar-refractivity contribution in [1.82, 2.24) is 15.0 Å². The van der Waals surface area contributed by atoms with Gasteiger partial charge in [-0.2, -0.15) is 10.1 Å². The zero-order valence-corrected chi connectivity index (χ0v) is 22.7. The molecule has 1 saturated heterocycles. The highest BCUT2D eigenvalue weighted by molar-refractivity contribution is 6.31. The Morgan fingerprint density at radius 2 is 1.88 bits per heavy atom. The minimum atomic E-state index is -0.509. The molecule has 0 unspecified atom stereocenters. The summed E-state index contributed by atoms with van der Waals surface area (Å²) in [5, 5.41) is 20.9. The van der Waals surface area contributed by atoms with Crippen LogP contribution < -0.4 is 21.0 Å². The number of aromatic hydroxyl groups is 1. The number of morpholine rings is 1. The molecule has 2 aromatic carbocycles. The third-order valence-electron chi connectivity index (χ3n) is 6.01. The zero-order chi connectivity index (χ0) is 28.8. The summed E-state index contributed by atoms with van der Waals surface area (Å²) in [5.74, 6) is -0.802. The van der Waals surface area contributed by atoms with E-state index in [2.05, 4.69) is 36.1 Å². The third-order valence-corrected chi connectivity index (χ3v) is 6.23. The van der Waals surface area contributed by atoms with Gasteiger partial charge in [-0.3, -0.25) is 9.78 Å². The van der Waals surface area contributed by atoms with E-state index in [1.807, 2.05) is 6.92 Å². The molecule has 0 bridgehead atoms. The van der Waals surface area contributed by atoms with Crippen LogP contribution in [0.2, 0.25) is 5.02 Å². The Balaban J connectivity index is 1.17. The first-order valence-electron chi connectivity index (χ1n) is 12.6. The Morgan fingerprint density at radius 1 is 1.07 bits per heavy atom. The van der Waals surface area contributed by atoms with Gasteiger partial charge in [-0.15, -0.1) is 0 Å². The van der Waals surface area contributed by atoms with Gasteiger partial charge in [0.05, 0.1) is 48.8 Å². The van der Waals surface area contributed by atoms with Crippen LogP contribution in [0.5, 0.6) is 5.75 Å². The molecule has 0 spiro atoms. The molecule has 4 aromatic rings. The monoisotopic (exact) mass is 576 g/mol. The molecule has 1 aliphatic heterocycles. The molecule has 3 heterocycles. The van der Waals surface area contributed by atoms with Gasteiger partial charge < -0.3 is 25.4 Å². The van der Waals surface area contributed by atoms with Crippen LogP contribution >= 0.6 is 11.6 Å². The van der Waals surface area contributed by atoms with Crippen LogP contribution in [0.4, 0.5) is 33.2 Å². The normalized spacial score (nSPS) is 13.3. The van der Waals surface area contributed by atoms with Crippen LogP contribution in [0.15, 0.2) is 66.0 Å². The van der Waals surface area contributed by atoms with Gasteiger partial charge in [0.15, 0.2) is 11.6 Å². The maximum atomic E-state index is 14.2. The summed E-state index contributed by atoms with van der Waals surface area (Å²) in [6.45, 7) is 3.98. The van der Waals surface area contributed by atoms with E-state index < -0.39 is 11.7 Å². The molecule has 0 atom stereocenters. The van der Waals surface area contributed by atoms with Crippen molar-refractivity contribution in [2.45, 2.75) is 6.92 Å². The SMILES string of the molecule is Cc1cc(Cl)cc(NC(=O)c2ccc(Nc3ccc(/C=N/Nc4ncc(F)c(N5CCOCC5)n4)nc3)cc2O)c1. The lowest BCUT2D eigenvalue weighted by Crippen LogP contribution is -2.37. The van der Waals surface area contributed by atoms with E-state index in [-0.39, 0.29) is 23.1 Å². The fraction of sp³-hybridized carbons (Fsp3) is 0.179. The lowest BCUT2D eigenvalue weighted by atomic mass is 10.1. The molecule has 0 radical (unpaired) electrons. The van der Waals surface area contributed by atoms with Gasteiger partial charge in [0.2, 0.25) is 5.95 Å². The molecule has 13 heteroatoms. The second-order valence-corrected chi connectivity index (χ2v) is 9.57. The van der Waals surface area contributed by atoms with Gasteiger partial charge in [-0.1, -0.05) is 11.6 Å². The molecule has 2 aromatic heterocycles. The number of carbonyl (C=O) groups excluding carboxylic acids is 1. The lowest BCUT2D eigenvalue weighted by Gasteiger charge is -2.27. The second kappa shape index (κ2) is 12.6. The van der Waals surface area contributed by atoms with Crippen molar-refractivity contribution in [2.24, 2.45) is 5.10 Å². The first-order valence-corrected chi connectivity index (χ1v) is 13.0. The number of halogens is 2. The number of aromatic nitrogens is 3. The Kier molecular flexibility index (Phi) is 8.51. The fourth-order valence-corrected chi connectivity index (χ4v) is 4.39. The summed E-state index contributed by atoms with van der Waals surface area (Å²) in [6.07, 6.45) is 4.17. The van der Waals surface area contributed by atoms with Gasteiger partial charge >= 0.3 is 0 Å². The number of nitrogens with one attached hydrogen (secondary N) is 3. The number of carbonyl (C=O) groups is 1. The van der Waals surface area contributed by atoms with E-state index in [0.717, 1.165) is 11.8 Å². The molecule has 1 fully saturated rings. The first kappa shape index (κ1) is 27.7. The van der Waals surface area contributed by atoms with Crippen LogP contribution in [0.3, 0.4) is 0 Å². The quantitative estimate of drug-likeness (QED) is 0.169. The molecular weight excluding hydrogens is 551 g/mol. The molecule has 4 N–H and O–H groups in total. The Labute approximate surface area is 240 Å². The highest BCUT2D eigenvalue weighted by atomic mass is 35.5. The van der Waals surface area contributed by atoms with Crippen molar-refractivity contribution in [3.05, 3.63) is 88.6 Å². The number of nitrogens with zero attached hydrogens (tertiary/aromatic N) is 5. The van der Waals surface area contributed by atoms with Crippen molar-refractivity contribution in [3.8, 4) is 5.75 Å². The maximum Gasteiger partial charge on any atom is 0.259 e. The number of aryl methyl sites for hydroxylation is 1. The molecule has 0 saturated carbocycles. The smallest absolute Gasteiger partial charge is 0.259 e. The van der Waals surface area contributed by atoms with Crippen molar-refractivity contribution in [2.75, 3.05) is 47.3 Å². The first-order chi connectivity index (χ1) is 19.8. The molecule has 0 aliphatic carbocycles. The average molecular weight is 577 g/mol. The van der Waals surface area contributed by atoms with E-state index in [9.17, 15) is 14.3 Å². The third kappa shape index (κ3) is 7.24. The lowest BCUT2D eigenvalue weighted by molar-refractivity contribution is 0.102. The number of hydrazone groups is 1. The van der Waals surface area contributed by atoms with Crippen LogP contribution in [0.25, 0.3) is 0 Å². The zero-order valence-electron chi connectivity index (χ0n) is 21.9. The van der Waals surface area contributed by atoms with E-state index in [1.165, 1.54) is 18.3 Å². The molecular formula is C28H26ClFN8O3. The Bertz CT molecular complexity index is 1560. The predicted molar refractivity (Wildman–Crippen MR) is 156 cm³/mol. The number of phenols is 1. The van der Waals surface area contributed by atoms with E-state index in [4.69, 9.17) is 16.3 Å². The van der Waals surface area contributed by atoms with E-state index in [1.54, 1.807) is 47.5 Å². The van der Waals surface area contributed by atoms with Gasteiger partial charge in [-0.05, 0) is 55.0 Å². The average Bonchev–Trinajstić information content (AvgIpc) is 2.95. The van der Waals surface area contributed by atoms with Crippen molar-refractivity contribution < 1.29 is 19.0 Å². The minimum absolute atomic E-state index is 0.118.